The molecule has 1 aromatic carbocycles. The maximum absolute atomic E-state index is 9.39. The molecule has 0 saturated heterocycles. The third kappa shape index (κ3) is 4.74. The van der Waals surface area contributed by atoms with Gasteiger partial charge in [-0.1, -0.05) is 6.92 Å². The van der Waals surface area contributed by atoms with Crippen LogP contribution in [0.2, 0.25) is 0 Å². The minimum absolute atomic E-state index is 0.128. The molecule has 0 saturated carbocycles. The first-order chi connectivity index (χ1) is 8.95. The highest BCUT2D eigenvalue weighted by molar-refractivity contribution is 9.11. The molecule has 108 valence electrons. The van der Waals surface area contributed by atoms with Crippen molar-refractivity contribution in [3.63, 3.8) is 0 Å². The first-order valence-corrected chi connectivity index (χ1v) is 8.01. The van der Waals surface area contributed by atoms with Crippen LogP contribution in [-0.4, -0.2) is 23.9 Å². The summed E-state index contributed by atoms with van der Waals surface area (Å²) in [5, 5.41) is 12.8. The van der Waals surface area contributed by atoms with Gasteiger partial charge in [0, 0.05) is 12.1 Å². The SMILES string of the molecule is CCOc1c(Br)cc(CNC(C)(CC)CO)cc1Br. The van der Waals surface area contributed by atoms with E-state index in [4.69, 9.17) is 4.74 Å². The molecule has 0 aliphatic heterocycles. The quantitative estimate of drug-likeness (QED) is 0.737. The molecule has 5 heteroatoms. The summed E-state index contributed by atoms with van der Waals surface area (Å²) in [6, 6.07) is 4.08. The Hall–Kier alpha value is -0.100. The molecule has 1 aromatic rings. The number of benzene rings is 1. The van der Waals surface area contributed by atoms with Crippen LogP contribution in [0.5, 0.6) is 5.75 Å². The van der Waals surface area contributed by atoms with Gasteiger partial charge in [-0.3, -0.25) is 0 Å². The van der Waals surface area contributed by atoms with E-state index >= 15 is 0 Å². The van der Waals surface area contributed by atoms with E-state index in [0.717, 1.165) is 26.7 Å². The molecule has 3 nitrogen and oxygen atoms in total. The molecule has 2 N–H and O–H groups in total. The van der Waals surface area contributed by atoms with E-state index in [0.29, 0.717) is 13.2 Å². The van der Waals surface area contributed by atoms with Crippen molar-refractivity contribution in [2.24, 2.45) is 0 Å². The topological polar surface area (TPSA) is 41.5 Å². The Balaban J connectivity index is 2.81. The van der Waals surface area contributed by atoms with Gasteiger partial charge in [0.1, 0.15) is 5.75 Å². The van der Waals surface area contributed by atoms with Crippen molar-refractivity contribution in [2.45, 2.75) is 39.3 Å². The van der Waals surface area contributed by atoms with Gasteiger partial charge in [-0.05, 0) is 69.8 Å². The Bertz CT molecular complexity index is 397. The molecule has 0 aromatic heterocycles. The molecule has 1 unspecified atom stereocenters. The highest BCUT2D eigenvalue weighted by Crippen LogP contribution is 2.34. The summed E-state index contributed by atoms with van der Waals surface area (Å²) in [6.45, 7) is 7.51. The summed E-state index contributed by atoms with van der Waals surface area (Å²) in [7, 11) is 0. The molecule has 1 rings (SSSR count). The van der Waals surface area contributed by atoms with Crippen molar-refractivity contribution in [1.29, 1.82) is 0 Å². The van der Waals surface area contributed by atoms with E-state index in [-0.39, 0.29) is 12.1 Å². The molecule has 0 aliphatic carbocycles. The molecular formula is C14H21Br2NO2. The van der Waals surface area contributed by atoms with Crippen LogP contribution in [0, 0.1) is 0 Å². The van der Waals surface area contributed by atoms with Crippen LogP contribution in [0.3, 0.4) is 0 Å². The van der Waals surface area contributed by atoms with Gasteiger partial charge in [0.15, 0.2) is 0 Å². The van der Waals surface area contributed by atoms with Crippen LogP contribution in [-0.2, 0) is 6.54 Å². The largest absolute Gasteiger partial charge is 0.492 e. The summed E-state index contributed by atoms with van der Waals surface area (Å²) >= 11 is 7.04. The van der Waals surface area contributed by atoms with E-state index < -0.39 is 0 Å². The van der Waals surface area contributed by atoms with E-state index in [2.05, 4.69) is 44.1 Å². The van der Waals surface area contributed by atoms with E-state index in [1.165, 1.54) is 0 Å². The zero-order valence-electron chi connectivity index (χ0n) is 11.6. The van der Waals surface area contributed by atoms with Crippen molar-refractivity contribution >= 4 is 31.9 Å². The van der Waals surface area contributed by atoms with Crippen LogP contribution >= 0.6 is 31.9 Å². The Morgan fingerprint density at radius 2 is 1.84 bits per heavy atom. The molecule has 0 amide bonds. The first kappa shape index (κ1) is 17.0. The summed E-state index contributed by atoms with van der Waals surface area (Å²) in [5.41, 5.74) is 0.896. The van der Waals surface area contributed by atoms with E-state index in [1.54, 1.807) is 0 Å². The molecule has 19 heavy (non-hydrogen) atoms. The van der Waals surface area contributed by atoms with Gasteiger partial charge < -0.3 is 15.2 Å². The molecule has 0 bridgehead atoms. The van der Waals surface area contributed by atoms with Crippen molar-refractivity contribution in [3.8, 4) is 5.75 Å². The average molecular weight is 395 g/mol. The smallest absolute Gasteiger partial charge is 0.147 e. The fourth-order valence-electron chi connectivity index (χ4n) is 1.60. The molecule has 1 atom stereocenters. The molecular weight excluding hydrogens is 374 g/mol. The second-order valence-electron chi connectivity index (χ2n) is 4.75. The molecule has 0 fully saturated rings. The van der Waals surface area contributed by atoms with Crippen molar-refractivity contribution in [2.75, 3.05) is 13.2 Å². The summed E-state index contributed by atoms with van der Waals surface area (Å²) in [4.78, 5) is 0. The second kappa shape index (κ2) is 7.62. The monoisotopic (exact) mass is 393 g/mol. The van der Waals surface area contributed by atoms with Crippen LogP contribution < -0.4 is 10.1 Å². The van der Waals surface area contributed by atoms with Gasteiger partial charge in [0.25, 0.3) is 0 Å². The lowest BCUT2D eigenvalue weighted by atomic mass is 10.00. The lowest BCUT2D eigenvalue weighted by Crippen LogP contribution is -2.44. The number of aliphatic hydroxyl groups excluding tert-OH is 1. The van der Waals surface area contributed by atoms with Crippen molar-refractivity contribution in [1.82, 2.24) is 5.32 Å². The normalized spacial score (nSPS) is 14.2. The molecule has 0 heterocycles. The van der Waals surface area contributed by atoms with Gasteiger partial charge in [0.05, 0.1) is 22.2 Å². The third-order valence-corrected chi connectivity index (χ3v) is 4.37. The summed E-state index contributed by atoms with van der Waals surface area (Å²) < 4.78 is 7.42. The zero-order valence-corrected chi connectivity index (χ0v) is 14.8. The highest BCUT2D eigenvalue weighted by atomic mass is 79.9. The number of hydrogen-bond donors (Lipinski definition) is 2. The first-order valence-electron chi connectivity index (χ1n) is 6.42. The van der Waals surface area contributed by atoms with Gasteiger partial charge >= 0.3 is 0 Å². The maximum atomic E-state index is 9.39. The number of rotatable bonds is 7. The fraction of sp³-hybridized carbons (Fsp3) is 0.571. The zero-order chi connectivity index (χ0) is 14.5. The van der Waals surface area contributed by atoms with Gasteiger partial charge in [0.2, 0.25) is 0 Å². The summed E-state index contributed by atoms with van der Waals surface area (Å²) in [5.74, 6) is 0.826. The Morgan fingerprint density at radius 3 is 2.26 bits per heavy atom. The number of nitrogens with one attached hydrogen (secondary N) is 1. The number of aliphatic hydroxyl groups is 1. The Labute approximate surface area is 132 Å². The molecule has 0 spiro atoms. The van der Waals surface area contributed by atoms with Crippen molar-refractivity contribution in [3.05, 3.63) is 26.6 Å². The number of hydrogen-bond acceptors (Lipinski definition) is 3. The lowest BCUT2D eigenvalue weighted by Gasteiger charge is -2.27. The van der Waals surface area contributed by atoms with Crippen molar-refractivity contribution < 1.29 is 9.84 Å². The standard InChI is InChI=1S/C14H21Br2NO2/c1-4-14(3,9-18)17-8-10-6-11(15)13(19-5-2)12(16)7-10/h6-7,17-18H,4-5,8-9H2,1-3H3. The van der Waals surface area contributed by atoms with E-state index in [9.17, 15) is 5.11 Å². The minimum Gasteiger partial charge on any atom is -0.492 e. The van der Waals surface area contributed by atoms with Gasteiger partial charge in [-0.15, -0.1) is 0 Å². The van der Waals surface area contributed by atoms with Crippen LogP contribution in [0.4, 0.5) is 0 Å². The predicted octanol–water partition coefficient (Wildman–Crippen LogP) is 3.86. The van der Waals surface area contributed by atoms with Crippen LogP contribution in [0.25, 0.3) is 0 Å². The predicted molar refractivity (Wildman–Crippen MR) is 85.6 cm³/mol. The fourth-order valence-corrected chi connectivity index (χ4v) is 3.12. The second-order valence-corrected chi connectivity index (χ2v) is 6.46. The molecule has 0 radical (unpaired) electrons. The number of halogens is 2. The lowest BCUT2D eigenvalue weighted by molar-refractivity contribution is 0.169. The minimum atomic E-state index is -0.239. The molecule has 0 aliphatic rings. The summed E-state index contributed by atoms with van der Waals surface area (Å²) in [6.07, 6.45) is 0.878. The van der Waals surface area contributed by atoms with Gasteiger partial charge in [-0.2, -0.15) is 0 Å². The van der Waals surface area contributed by atoms with Gasteiger partial charge in [-0.25, -0.2) is 0 Å². The third-order valence-electron chi connectivity index (χ3n) is 3.20. The van der Waals surface area contributed by atoms with E-state index in [1.807, 2.05) is 26.0 Å². The number of ether oxygens (including phenoxy) is 1. The Kier molecular flexibility index (Phi) is 6.80. The Morgan fingerprint density at radius 1 is 1.26 bits per heavy atom. The maximum Gasteiger partial charge on any atom is 0.147 e. The average Bonchev–Trinajstić information content (AvgIpc) is 2.40. The highest BCUT2D eigenvalue weighted by Gasteiger charge is 2.20. The van der Waals surface area contributed by atoms with Crippen LogP contribution in [0.1, 0.15) is 32.8 Å². The van der Waals surface area contributed by atoms with Crippen LogP contribution in [0.15, 0.2) is 21.1 Å².